The lowest BCUT2D eigenvalue weighted by atomic mass is 9.95. The van der Waals surface area contributed by atoms with Crippen LogP contribution in [0.2, 0.25) is 10.0 Å². The molecule has 3 aliphatic heterocycles. The van der Waals surface area contributed by atoms with Gasteiger partial charge in [-0.1, -0.05) is 35.3 Å². The Morgan fingerprint density at radius 2 is 1.80 bits per heavy atom. The van der Waals surface area contributed by atoms with Crippen LogP contribution in [0.25, 0.3) is 28.1 Å². The van der Waals surface area contributed by atoms with E-state index in [1.165, 1.54) is 0 Å². The number of hydrogen-bond acceptors (Lipinski definition) is 9. The minimum Gasteiger partial charge on any atom is -0.496 e. The first kappa shape index (κ1) is 39.1. The van der Waals surface area contributed by atoms with E-state index in [0.29, 0.717) is 107 Å². The van der Waals surface area contributed by atoms with Crippen LogP contribution in [-0.4, -0.2) is 101 Å². The fourth-order valence-electron chi connectivity index (χ4n) is 7.38. The lowest BCUT2D eigenvalue weighted by Crippen LogP contribution is -2.55. The van der Waals surface area contributed by atoms with Crippen LogP contribution in [0, 0.1) is 0 Å². The molecule has 0 aliphatic carbocycles. The number of fused-ring (bicyclic) bond motifs is 3. The maximum absolute atomic E-state index is 14.3. The number of carbonyl (C=O) groups excluding carboxylic acids is 4. The van der Waals surface area contributed by atoms with Gasteiger partial charge in [-0.2, -0.15) is 5.10 Å². The summed E-state index contributed by atoms with van der Waals surface area (Å²) < 4.78 is 19.5. The summed E-state index contributed by atoms with van der Waals surface area (Å²) in [6, 6.07) is 14.8. The van der Waals surface area contributed by atoms with Crippen LogP contribution >= 0.6 is 23.2 Å². The molecule has 2 saturated heterocycles. The van der Waals surface area contributed by atoms with Gasteiger partial charge in [-0.25, -0.2) is 4.68 Å². The predicted octanol–water partition coefficient (Wildman–Crippen LogP) is 5.06. The number of hydrogen-bond donors (Lipinski definition) is 3. The number of benzene rings is 3. The highest BCUT2D eigenvalue weighted by Gasteiger charge is 2.39. The Labute approximate surface area is 334 Å². The highest BCUT2D eigenvalue weighted by atomic mass is 35.5. The number of methoxy groups -OCH3 is 1. The first-order valence-corrected chi connectivity index (χ1v) is 19.1. The lowest BCUT2D eigenvalue weighted by Gasteiger charge is -2.41. The van der Waals surface area contributed by atoms with Crippen LogP contribution in [0.15, 0.2) is 54.6 Å². The fourth-order valence-corrected chi connectivity index (χ4v) is 7.90. The first-order valence-electron chi connectivity index (χ1n) is 18.3. The van der Waals surface area contributed by atoms with E-state index in [4.69, 9.17) is 48.2 Å². The summed E-state index contributed by atoms with van der Waals surface area (Å²) in [6.07, 6.45) is 1.82. The monoisotopic (exact) mass is 803 g/mol. The second-order valence-electron chi connectivity index (χ2n) is 14.7. The zero-order valence-corrected chi connectivity index (χ0v) is 32.8. The Morgan fingerprint density at radius 3 is 2.50 bits per heavy atom. The second-order valence-corrected chi connectivity index (χ2v) is 15.6. The number of nitrogens with two attached hydrogens (primary N) is 1. The molecular weight excluding hydrogens is 761 g/mol. The molecule has 4 heterocycles. The lowest BCUT2D eigenvalue weighted by molar-refractivity contribution is -0.126. The van der Waals surface area contributed by atoms with Gasteiger partial charge in [-0.3, -0.25) is 19.2 Å². The molecule has 1 atom stereocenters. The third-order valence-electron chi connectivity index (χ3n) is 10.3. The third kappa shape index (κ3) is 8.05. The molecule has 3 aromatic carbocycles. The molecule has 16 heteroatoms. The van der Waals surface area contributed by atoms with E-state index >= 15 is 0 Å². The van der Waals surface area contributed by atoms with Crippen molar-refractivity contribution in [3.05, 3.63) is 75.9 Å². The number of aromatic nitrogens is 2. The number of nitrogens with zero attached hydrogens (tertiary/aromatic N) is 4. The number of carbonyl (C=O) groups is 4. The van der Waals surface area contributed by atoms with Crippen molar-refractivity contribution in [1.29, 1.82) is 0 Å². The van der Waals surface area contributed by atoms with E-state index in [9.17, 15) is 19.2 Å². The molecule has 56 heavy (non-hydrogen) atoms. The van der Waals surface area contributed by atoms with Gasteiger partial charge in [0, 0.05) is 64.2 Å². The molecule has 4 N–H and O–H groups in total. The average molecular weight is 805 g/mol. The third-order valence-corrected chi connectivity index (χ3v) is 10.8. The number of nitrogens with one attached hydrogen (secondary N) is 2. The van der Waals surface area contributed by atoms with Gasteiger partial charge in [0.25, 0.3) is 5.91 Å². The maximum Gasteiger partial charge on any atom is 0.275 e. The van der Waals surface area contributed by atoms with Gasteiger partial charge < -0.3 is 40.4 Å². The normalized spacial score (nSPS) is 16.9. The standard InChI is InChI=1S/C40H43Cl2N7O7/c1-40(2)21-55-12-11-48(40)39(53)36-31-20-56-34-19-33(54-3)29(17-30(34)37(31)49(46-36)28-15-24(41)14-25(42)16-28)23-5-4-6-27(13-23)44-35(51)18-32(43)38(52)45-26-7-9-47(22-50)10-8-26/h4-6,13-17,19,22,26,32H,7-12,18,20-21,43H2,1-3H3,(H,44,51)(H,45,52). The molecule has 2 fully saturated rings. The Balaban J connectivity index is 1.19. The number of rotatable bonds is 10. The quantitative estimate of drug-likeness (QED) is 0.186. The molecule has 0 radical (unpaired) electrons. The first-order chi connectivity index (χ1) is 26.8. The molecule has 4 aromatic rings. The smallest absolute Gasteiger partial charge is 0.275 e. The zero-order chi connectivity index (χ0) is 39.7. The number of morpholine rings is 1. The Morgan fingerprint density at radius 1 is 1.05 bits per heavy atom. The topological polar surface area (TPSA) is 170 Å². The van der Waals surface area contributed by atoms with Crippen molar-refractivity contribution in [3.8, 4) is 39.6 Å². The van der Waals surface area contributed by atoms with Gasteiger partial charge in [-0.15, -0.1) is 0 Å². The van der Waals surface area contributed by atoms with E-state index in [1.54, 1.807) is 64.1 Å². The molecular formula is C40H43Cl2N7O7. The number of amides is 4. The SMILES string of the molecule is COc1cc2c(cc1-c1cccc(NC(=O)CC(N)C(=O)NC3CCN(C=O)CC3)c1)-c1c(c(C(=O)N3CCOCC3(C)C)nn1-c1cc(Cl)cc(Cl)c1)CO2. The maximum atomic E-state index is 14.3. The molecule has 3 aliphatic rings. The van der Waals surface area contributed by atoms with Gasteiger partial charge in [0.1, 0.15) is 18.1 Å². The summed E-state index contributed by atoms with van der Waals surface area (Å²) in [6.45, 7) is 6.31. The molecule has 7 rings (SSSR count). The van der Waals surface area contributed by atoms with Gasteiger partial charge in [0.05, 0.1) is 49.7 Å². The molecule has 0 saturated carbocycles. The minimum absolute atomic E-state index is 0.0755. The molecule has 14 nitrogen and oxygen atoms in total. The fraction of sp³-hybridized carbons (Fsp3) is 0.375. The van der Waals surface area contributed by atoms with E-state index in [-0.39, 0.29) is 30.7 Å². The van der Waals surface area contributed by atoms with Gasteiger partial charge >= 0.3 is 0 Å². The van der Waals surface area contributed by atoms with Gasteiger partial charge in [-0.05, 0) is 68.7 Å². The van der Waals surface area contributed by atoms with Crippen molar-refractivity contribution in [2.45, 2.75) is 57.3 Å². The van der Waals surface area contributed by atoms with Crippen molar-refractivity contribution in [2.24, 2.45) is 5.73 Å². The summed E-state index contributed by atoms with van der Waals surface area (Å²) in [7, 11) is 1.56. The van der Waals surface area contributed by atoms with Crippen LogP contribution in [0.5, 0.6) is 11.5 Å². The minimum atomic E-state index is -1.05. The number of halogens is 2. The average Bonchev–Trinajstić information content (AvgIpc) is 3.57. The number of ether oxygens (including phenoxy) is 3. The molecule has 0 bridgehead atoms. The number of anilines is 1. The van der Waals surface area contributed by atoms with Crippen molar-refractivity contribution in [3.63, 3.8) is 0 Å². The highest BCUT2D eigenvalue weighted by molar-refractivity contribution is 6.34. The number of piperidine rings is 1. The Hall–Kier alpha value is -5.15. The van der Waals surface area contributed by atoms with Gasteiger partial charge in [0.15, 0.2) is 5.69 Å². The van der Waals surface area contributed by atoms with Crippen molar-refractivity contribution in [2.75, 3.05) is 45.3 Å². The summed E-state index contributed by atoms with van der Waals surface area (Å²) in [4.78, 5) is 54.6. The van der Waals surface area contributed by atoms with Crippen LogP contribution in [0.4, 0.5) is 5.69 Å². The summed E-state index contributed by atoms with van der Waals surface area (Å²) in [5, 5.41) is 11.5. The summed E-state index contributed by atoms with van der Waals surface area (Å²) >= 11 is 13.0. The molecule has 1 aromatic heterocycles. The molecule has 1 unspecified atom stereocenters. The zero-order valence-electron chi connectivity index (χ0n) is 31.3. The Kier molecular flexibility index (Phi) is 11.3. The van der Waals surface area contributed by atoms with Crippen LogP contribution < -0.4 is 25.8 Å². The van der Waals surface area contributed by atoms with Crippen molar-refractivity contribution in [1.82, 2.24) is 24.9 Å². The van der Waals surface area contributed by atoms with E-state index in [2.05, 4.69) is 10.6 Å². The van der Waals surface area contributed by atoms with E-state index in [1.807, 2.05) is 26.0 Å². The van der Waals surface area contributed by atoms with Crippen molar-refractivity contribution >= 4 is 53.0 Å². The molecule has 294 valence electrons. The van der Waals surface area contributed by atoms with E-state index < -0.39 is 23.4 Å². The summed E-state index contributed by atoms with van der Waals surface area (Å²) in [5.74, 6) is -0.0687. The molecule has 0 spiro atoms. The van der Waals surface area contributed by atoms with Crippen LogP contribution in [0.1, 0.15) is 49.2 Å². The predicted molar refractivity (Wildman–Crippen MR) is 211 cm³/mol. The Bertz CT molecular complexity index is 2160. The highest BCUT2D eigenvalue weighted by Crippen LogP contribution is 2.47. The number of likely N-dealkylation sites (tertiary alicyclic amines) is 1. The summed E-state index contributed by atoms with van der Waals surface area (Å²) in [5.41, 5.74) is 10.1. The second kappa shape index (κ2) is 16.1. The van der Waals surface area contributed by atoms with Gasteiger partial charge in [0.2, 0.25) is 18.2 Å². The van der Waals surface area contributed by atoms with Crippen molar-refractivity contribution < 1.29 is 33.4 Å². The van der Waals surface area contributed by atoms with Crippen LogP contribution in [-0.2, 0) is 25.7 Å². The largest absolute Gasteiger partial charge is 0.496 e. The van der Waals surface area contributed by atoms with E-state index in [0.717, 1.165) is 6.41 Å². The van der Waals surface area contributed by atoms with Crippen LogP contribution in [0.3, 0.4) is 0 Å². The molecule has 4 amide bonds.